The maximum atomic E-state index is 12.9. The van der Waals surface area contributed by atoms with E-state index in [4.69, 9.17) is 16.3 Å². The van der Waals surface area contributed by atoms with Crippen LogP contribution in [0.1, 0.15) is 12.6 Å². The molecular weight excluding hydrogens is 522 g/mol. The largest absolute Gasteiger partial charge is 0.477 e. The van der Waals surface area contributed by atoms with Gasteiger partial charge in [0.05, 0.1) is 0 Å². The number of nitrogen functional groups attached to an aromatic ring is 1. The highest BCUT2D eigenvalue weighted by molar-refractivity contribution is 8.06. The number of carboxylic acid groups (broad SMARTS) is 1. The predicted molar refractivity (Wildman–Crippen MR) is 129 cm³/mol. The van der Waals surface area contributed by atoms with Gasteiger partial charge in [-0.1, -0.05) is 12.1 Å². The van der Waals surface area contributed by atoms with Crippen LogP contribution in [-0.2, 0) is 28.8 Å². The molecule has 3 rings (SSSR count). The number of thioether (sulfide) groups is 2. The number of nitrogens with zero attached hydrogens (tertiary/aromatic N) is 3. The minimum atomic E-state index is -1.30. The van der Waals surface area contributed by atoms with Crippen molar-refractivity contribution in [3.63, 3.8) is 0 Å². The summed E-state index contributed by atoms with van der Waals surface area (Å²) in [5.74, 6) is -4.45. The van der Waals surface area contributed by atoms with Crippen molar-refractivity contribution < 1.29 is 33.9 Å². The van der Waals surface area contributed by atoms with Crippen LogP contribution in [0.5, 0.6) is 0 Å². The van der Waals surface area contributed by atoms with Crippen LogP contribution < -0.4 is 22.1 Å². The number of β-lactam (4-membered cyclic amide) rings is 1. The number of thiazole rings is 1. The summed E-state index contributed by atoms with van der Waals surface area (Å²) >= 11 is 3.53. The molecule has 1 aromatic heterocycles. The summed E-state index contributed by atoms with van der Waals surface area (Å²) < 4.78 is 0. The summed E-state index contributed by atoms with van der Waals surface area (Å²) in [4.78, 5) is 70.1. The Morgan fingerprint density at radius 3 is 2.69 bits per heavy atom. The van der Waals surface area contributed by atoms with Crippen LogP contribution in [0.2, 0.25) is 0 Å². The first-order chi connectivity index (χ1) is 16.5. The molecule has 17 heteroatoms. The molecule has 3 heterocycles. The number of aromatic nitrogens is 1. The molecule has 14 nitrogen and oxygen atoms in total. The molecule has 2 aliphatic heterocycles. The maximum Gasteiger partial charge on any atom is 0.353 e. The SMILES string of the molecule is CO/N=C(\C(=O)NC1C(=O)N2C(C(=O)O)=C(SC(C)CNC(=O)C(N)=O)CSC12)c1csc(N)n1. The van der Waals surface area contributed by atoms with Gasteiger partial charge in [0.15, 0.2) is 10.8 Å². The molecule has 0 spiro atoms. The smallest absolute Gasteiger partial charge is 0.353 e. The molecule has 2 aliphatic rings. The number of hydrogen-bond donors (Lipinski definition) is 5. The van der Waals surface area contributed by atoms with Crippen molar-refractivity contribution >= 4 is 75.3 Å². The first-order valence-electron chi connectivity index (χ1n) is 9.83. The minimum Gasteiger partial charge on any atom is -0.477 e. The third-order valence-corrected chi connectivity index (χ3v) is 8.03. The van der Waals surface area contributed by atoms with Crippen molar-refractivity contribution in [2.75, 3.05) is 25.1 Å². The van der Waals surface area contributed by atoms with Gasteiger partial charge in [0, 0.05) is 27.8 Å². The lowest BCUT2D eigenvalue weighted by Gasteiger charge is -2.49. The predicted octanol–water partition coefficient (Wildman–Crippen LogP) is -1.50. The van der Waals surface area contributed by atoms with E-state index in [0.29, 0.717) is 4.91 Å². The van der Waals surface area contributed by atoms with Gasteiger partial charge in [0.2, 0.25) is 0 Å². The van der Waals surface area contributed by atoms with Crippen LogP contribution in [-0.4, -0.2) is 86.4 Å². The Labute approximate surface area is 210 Å². The van der Waals surface area contributed by atoms with Gasteiger partial charge in [-0.05, 0) is 0 Å². The third-order valence-electron chi connectivity index (χ3n) is 4.70. The number of rotatable bonds is 9. The monoisotopic (exact) mass is 543 g/mol. The number of nitrogens with one attached hydrogen (secondary N) is 2. The number of primary amides is 1. The van der Waals surface area contributed by atoms with Crippen LogP contribution in [0, 0.1) is 0 Å². The number of hydrogen-bond acceptors (Lipinski definition) is 12. The zero-order valence-electron chi connectivity index (χ0n) is 18.3. The quantitative estimate of drug-likeness (QED) is 0.104. The van der Waals surface area contributed by atoms with Crippen molar-refractivity contribution in [1.29, 1.82) is 0 Å². The van der Waals surface area contributed by atoms with Crippen molar-refractivity contribution in [2.45, 2.75) is 23.6 Å². The van der Waals surface area contributed by atoms with Crippen LogP contribution in [0.25, 0.3) is 0 Å². The Morgan fingerprint density at radius 1 is 1.40 bits per heavy atom. The third kappa shape index (κ3) is 5.68. The molecule has 35 heavy (non-hydrogen) atoms. The molecule has 0 bridgehead atoms. The zero-order valence-corrected chi connectivity index (χ0v) is 20.8. The average molecular weight is 544 g/mol. The van der Waals surface area contributed by atoms with E-state index in [2.05, 4.69) is 20.8 Å². The van der Waals surface area contributed by atoms with Gasteiger partial charge in [0.25, 0.3) is 11.8 Å². The van der Waals surface area contributed by atoms with E-state index in [9.17, 15) is 29.1 Å². The van der Waals surface area contributed by atoms with E-state index < -0.39 is 41.0 Å². The van der Waals surface area contributed by atoms with Gasteiger partial charge in [-0.3, -0.25) is 24.1 Å². The topological polar surface area (TPSA) is 219 Å². The number of carbonyl (C=O) groups excluding carboxylic acids is 4. The Bertz CT molecular complexity index is 1140. The summed E-state index contributed by atoms with van der Waals surface area (Å²) in [5, 5.41) is 19.1. The first kappa shape index (κ1) is 26.3. The highest BCUT2D eigenvalue weighted by atomic mass is 32.2. The number of fused-ring (bicyclic) bond motifs is 1. The molecular formula is C18H21N7O7S3. The number of carbonyl (C=O) groups is 5. The molecule has 1 aromatic rings. The van der Waals surface area contributed by atoms with Crippen LogP contribution >= 0.6 is 34.9 Å². The van der Waals surface area contributed by atoms with E-state index in [-0.39, 0.29) is 39.8 Å². The van der Waals surface area contributed by atoms with Crippen molar-refractivity contribution in [2.24, 2.45) is 10.9 Å². The lowest BCUT2D eigenvalue weighted by atomic mass is 10.0. The van der Waals surface area contributed by atoms with Gasteiger partial charge in [-0.15, -0.1) is 34.9 Å². The molecule has 0 saturated carbocycles. The molecule has 1 fully saturated rings. The average Bonchev–Trinajstić information content (AvgIpc) is 3.24. The number of amides is 4. The maximum absolute atomic E-state index is 12.9. The second-order valence-corrected chi connectivity index (χ2v) is 10.7. The van der Waals surface area contributed by atoms with Gasteiger partial charge in [0.1, 0.15) is 29.9 Å². The minimum absolute atomic E-state index is 0.0618. The number of oxime groups is 1. The fourth-order valence-electron chi connectivity index (χ4n) is 3.19. The second kappa shape index (κ2) is 11.0. The fourth-order valence-corrected chi connectivity index (χ4v) is 6.36. The molecule has 3 unspecified atom stereocenters. The second-order valence-electron chi connectivity index (χ2n) is 7.13. The van der Waals surface area contributed by atoms with Gasteiger partial charge in [-0.2, -0.15) is 0 Å². The van der Waals surface area contributed by atoms with Crippen molar-refractivity contribution in [3.05, 3.63) is 21.7 Å². The summed E-state index contributed by atoms with van der Waals surface area (Å²) in [5.41, 5.74) is 10.3. The molecule has 1 saturated heterocycles. The van der Waals surface area contributed by atoms with Gasteiger partial charge >= 0.3 is 17.8 Å². The number of carboxylic acids is 1. The fraction of sp³-hybridized carbons (Fsp3) is 0.389. The van der Waals surface area contributed by atoms with E-state index in [1.54, 1.807) is 6.92 Å². The standard InChI is InChI=1S/C18H21N7O7S3/c1-6(3-21-14(28)12(19)26)35-8-5-33-16-10(15(29)25(16)11(8)17(30)31)23-13(27)9(24-32-2)7-4-34-18(20)22-7/h4,6,10,16H,3,5H2,1-2H3,(H2,19,26)(H2,20,22)(H,21,28)(H,23,27)(H,30,31)/b24-9-. The normalized spacial score (nSPS) is 20.5. The Kier molecular flexibility index (Phi) is 8.23. The molecule has 3 atom stereocenters. The number of anilines is 1. The highest BCUT2D eigenvalue weighted by Gasteiger charge is 2.54. The van der Waals surface area contributed by atoms with Crippen molar-refractivity contribution in [3.8, 4) is 0 Å². The van der Waals surface area contributed by atoms with E-state index in [1.165, 1.54) is 24.3 Å². The highest BCUT2D eigenvalue weighted by Crippen LogP contribution is 2.44. The molecule has 0 aliphatic carbocycles. The van der Waals surface area contributed by atoms with Crippen LogP contribution in [0.3, 0.4) is 0 Å². The Hall–Kier alpha value is -3.31. The van der Waals surface area contributed by atoms with Gasteiger partial charge in [-0.25, -0.2) is 9.78 Å². The Morgan fingerprint density at radius 2 is 2.11 bits per heavy atom. The van der Waals surface area contributed by atoms with Crippen LogP contribution in [0.15, 0.2) is 21.1 Å². The van der Waals surface area contributed by atoms with Crippen LogP contribution in [0.4, 0.5) is 5.13 Å². The van der Waals surface area contributed by atoms with Gasteiger partial charge < -0.3 is 32.0 Å². The number of nitrogens with two attached hydrogens (primary N) is 2. The summed E-state index contributed by atoms with van der Waals surface area (Å²) in [7, 11) is 1.25. The number of aliphatic carboxylic acids is 1. The molecule has 0 aromatic carbocycles. The first-order valence-corrected chi connectivity index (χ1v) is 12.6. The van der Waals surface area contributed by atoms with E-state index in [0.717, 1.165) is 28.0 Å². The van der Waals surface area contributed by atoms with E-state index >= 15 is 0 Å². The van der Waals surface area contributed by atoms with Crippen molar-refractivity contribution in [1.82, 2.24) is 20.5 Å². The zero-order chi connectivity index (χ0) is 25.9. The lowest BCUT2D eigenvalue weighted by Crippen LogP contribution is -2.71. The summed E-state index contributed by atoms with van der Waals surface area (Å²) in [6.07, 6.45) is 0. The molecule has 7 N–H and O–H groups in total. The molecule has 188 valence electrons. The molecule has 0 radical (unpaired) electrons. The lowest BCUT2D eigenvalue weighted by molar-refractivity contribution is -0.150. The van der Waals surface area contributed by atoms with E-state index in [1.807, 2.05) is 0 Å². The Balaban J connectivity index is 1.71. The molecule has 4 amide bonds. The summed E-state index contributed by atoms with van der Waals surface area (Å²) in [6, 6.07) is -0.987. The summed E-state index contributed by atoms with van der Waals surface area (Å²) in [6.45, 7) is 1.78.